The lowest BCUT2D eigenvalue weighted by molar-refractivity contribution is -0.137. The summed E-state index contributed by atoms with van der Waals surface area (Å²) < 4.78 is 0. The van der Waals surface area contributed by atoms with Crippen LogP contribution in [0.15, 0.2) is 17.5 Å². The number of hydrogen-bond acceptors (Lipinski definition) is 4. The molecule has 2 fully saturated rings. The number of nitrogens with zero attached hydrogens (tertiary/aromatic N) is 2. The molecular formula is C15H23N3OS. The van der Waals surface area contributed by atoms with Gasteiger partial charge in [0.15, 0.2) is 0 Å². The van der Waals surface area contributed by atoms with E-state index in [-0.39, 0.29) is 5.92 Å². The minimum atomic E-state index is 0.215. The van der Waals surface area contributed by atoms with Gasteiger partial charge in [0.2, 0.25) is 5.91 Å². The van der Waals surface area contributed by atoms with Gasteiger partial charge in [0.1, 0.15) is 0 Å². The highest BCUT2D eigenvalue weighted by Gasteiger charge is 2.28. The first-order valence-electron chi connectivity index (χ1n) is 7.57. The highest BCUT2D eigenvalue weighted by Crippen LogP contribution is 2.17. The fourth-order valence-corrected chi connectivity index (χ4v) is 3.82. The second kappa shape index (κ2) is 6.70. The third kappa shape index (κ3) is 3.40. The molecule has 0 saturated carbocycles. The molecule has 2 aliphatic rings. The van der Waals surface area contributed by atoms with E-state index >= 15 is 0 Å². The van der Waals surface area contributed by atoms with E-state index in [1.807, 2.05) is 11.3 Å². The number of nitrogens with one attached hydrogen (secondary N) is 1. The zero-order valence-electron chi connectivity index (χ0n) is 11.9. The monoisotopic (exact) mass is 293 g/mol. The molecule has 3 rings (SSSR count). The third-order valence-corrected chi connectivity index (χ3v) is 5.15. The molecule has 1 aromatic heterocycles. The Hall–Kier alpha value is -0.910. The third-order valence-electron chi connectivity index (χ3n) is 4.29. The van der Waals surface area contributed by atoms with Crippen molar-refractivity contribution in [3.8, 4) is 0 Å². The fraction of sp³-hybridized carbons (Fsp3) is 0.667. The van der Waals surface area contributed by atoms with Gasteiger partial charge in [-0.2, -0.15) is 0 Å². The molecule has 4 nitrogen and oxygen atoms in total. The number of rotatable bonds is 3. The van der Waals surface area contributed by atoms with E-state index in [1.165, 1.54) is 4.88 Å². The van der Waals surface area contributed by atoms with Gasteiger partial charge in [-0.3, -0.25) is 9.69 Å². The molecule has 2 aliphatic heterocycles. The SMILES string of the molecule is O=C([C@@H]1CCCNC1)N1CCN(Cc2cccs2)CC1. The Morgan fingerprint density at radius 2 is 2.20 bits per heavy atom. The topological polar surface area (TPSA) is 35.6 Å². The van der Waals surface area contributed by atoms with E-state index in [9.17, 15) is 4.79 Å². The Balaban J connectivity index is 1.46. The summed E-state index contributed by atoms with van der Waals surface area (Å²) in [6.45, 7) is 6.76. The summed E-state index contributed by atoms with van der Waals surface area (Å²) in [6.07, 6.45) is 2.19. The minimum absolute atomic E-state index is 0.215. The van der Waals surface area contributed by atoms with E-state index < -0.39 is 0 Å². The number of amides is 1. The van der Waals surface area contributed by atoms with E-state index in [1.54, 1.807) is 0 Å². The lowest BCUT2D eigenvalue weighted by Gasteiger charge is -2.37. The van der Waals surface area contributed by atoms with Crippen molar-refractivity contribution >= 4 is 17.2 Å². The maximum atomic E-state index is 12.4. The lowest BCUT2D eigenvalue weighted by atomic mass is 9.98. The number of piperidine rings is 1. The standard InChI is InChI=1S/C15H23N3OS/c19-15(13-3-1-5-16-11-13)18-8-6-17(7-9-18)12-14-4-2-10-20-14/h2,4,10,13,16H,1,3,5-9,11-12H2/t13-/m1/s1. The normalized spacial score (nSPS) is 24.8. The molecule has 0 aromatic carbocycles. The van der Waals surface area contributed by atoms with Crippen molar-refractivity contribution in [1.82, 2.24) is 15.1 Å². The van der Waals surface area contributed by atoms with Crippen LogP contribution in [0.1, 0.15) is 17.7 Å². The molecule has 0 radical (unpaired) electrons. The Kier molecular flexibility index (Phi) is 4.70. The van der Waals surface area contributed by atoms with E-state index in [4.69, 9.17) is 0 Å². The number of thiophene rings is 1. The fourth-order valence-electron chi connectivity index (χ4n) is 3.07. The summed E-state index contributed by atoms with van der Waals surface area (Å²) in [5.74, 6) is 0.584. The van der Waals surface area contributed by atoms with E-state index in [0.717, 1.165) is 58.7 Å². The van der Waals surface area contributed by atoms with Crippen LogP contribution in [0.3, 0.4) is 0 Å². The molecule has 2 saturated heterocycles. The largest absolute Gasteiger partial charge is 0.340 e. The zero-order chi connectivity index (χ0) is 13.8. The highest BCUT2D eigenvalue weighted by atomic mass is 32.1. The van der Waals surface area contributed by atoms with Gasteiger partial charge in [-0.05, 0) is 30.8 Å². The maximum absolute atomic E-state index is 12.4. The first-order valence-corrected chi connectivity index (χ1v) is 8.45. The van der Waals surface area contributed by atoms with Crippen LogP contribution < -0.4 is 5.32 Å². The summed E-state index contributed by atoms with van der Waals surface area (Å²) in [5, 5.41) is 5.47. The Morgan fingerprint density at radius 1 is 1.35 bits per heavy atom. The molecule has 110 valence electrons. The van der Waals surface area contributed by atoms with Crippen molar-refractivity contribution in [3.63, 3.8) is 0 Å². The average Bonchev–Trinajstić information content (AvgIpc) is 3.01. The first kappa shape index (κ1) is 14.0. The summed E-state index contributed by atoms with van der Waals surface area (Å²) in [4.78, 5) is 18.4. The van der Waals surface area contributed by atoms with Crippen LogP contribution in [0.25, 0.3) is 0 Å². The quantitative estimate of drug-likeness (QED) is 0.915. The van der Waals surface area contributed by atoms with Crippen LogP contribution in [0, 0.1) is 5.92 Å². The summed E-state index contributed by atoms with van der Waals surface area (Å²) in [6, 6.07) is 4.30. The van der Waals surface area contributed by atoms with Crippen molar-refractivity contribution in [2.75, 3.05) is 39.3 Å². The molecule has 3 heterocycles. The number of piperazine rings is 1. The molecule has 1 atom stereocenters. The van der Waals surface area contributed by atoms with Gasteiger partial charge in [-0.15, -0.1) is 11.3 Å². The number of carbonyl (C=O) groups is 1. The molecule has 1 aromatic rings. The predicted molar refractivity (Wildman–Crippen MR) is 81.8 cm³/mol. The van der Waals surface area contributed by atoms with Crippen molar-refractivity contribution in [2.45, 2.75) is 19.4 Å². The summed E-state index contributed by atoms with van der Waals surface area (Å²) in [5.41, 5.74) is 0. The van der Waals surface area contributed by atoms with E-state index in [0.29, 0.717) is 5.91 Å². The lowest BCUT2D eigenvalue weighted by Crippen LogP contribution is -2.51. The molecule has 0 aliphatic carbocycles. The van der Waals surface area contributed by atoms with Gasteiger partial charge >= 0.3 is 0 Å². The second-order valence-corrected chi connectivity index (χ2v) is 6.76. The van der Waals surface area contributed by atoms with Gasteiger partial charge in [0.05, 0.1) is 5.92 Å². The van der Waals surface area contributed by atoms with Crippen molar-refractivity contribution in [1.29, 1.82) is 0 Å². The van der Waals surface area contributed by atoms with Crippen molar-refractivity contribution < 1.29 is 4.79 Å². The molecule has 20 heavy (non-hydrogen) atoms. The Morgan fingerprint density at radius 3 is 2.85 bits per heavy atom. The average molecular weight is 293 g/mol. The summed E-state index contributed by atoms with van der Waals surface area (Å²) >= 11 is 1.82. The summed E-state index contributed by atoms with van der Waals surface area (Å²) in [7, 11) is 0. The molecule has 5 heteroatoms. The minimum Gasteiger partial charge on any atom is -0.340 e. The first-order chi connectivity index (χ1) is 9.83. The zero-order valence-corrected chi connectivity index (χ0v) is 12.7. The van der Waals surface area contributed by atoms with Gasteiger partial charge in [0.25, 0.3) is 0 Å². The highest BCUT2D eigenvalue weighted by molar-refractivity contribution is 7.09. The van der Waals surface area contributed by atoms with Crippen molar-refractivity contribution in [3.05, 3.63) is 22.4 Å². The predicted octanol–water partition coefficient (Wildman–Crippen LogP) is 1.39. The van der Waals surface area contributed by atoms with Crippen LogP contribution in [-0.2, 0) is 11.3 Å². The van der Waals surface area contributed by atoms with Gasteiger partial charge in [0, 0.05) is 44.1 Å². The number of carbonyl (C=O) groups excluding carboxylic acids is 1. The Labute approximate surface area is 124 Å². The van der Waals surface area contributed by atoms with Crippen LogP contribution in [0.5, 0.6) is 0 Å². The van der Waals surface area contributed by atoms with Gasteiger partial charge < -0.3 is 10.2 Å². The molecule has 0 spiro atoms. The van der Waals surface area contributed by atoms with Crippen LogP contribution in [-0.4, -0.2) is 55.0 Å². The Bertz CT molecular complexity index is 420. The second-order valence-electron chi connectivity index (χ2n) is 5.72. The molecule has 0 unspecified atom stereocenters. The molecular weight excluding hydrogens is 270 g/mol. The molecule has 0 bridgehead atoms. The number of hydrogen-bond donors (Lipinski definition) is 1. The molecule has 1 amide bonds. The van der Waals surface area contributed by atoms with Crippen LogP contribution in [0.2, 0.25) is 0 Å². The molecule has 1 N–H and O–H groups in total. The van der Waals surface area contributed by atoms with Gasteiger partial charge in [-0.25, -0.2) is 0 Å². The van der Waals surface area contributed by atoms with Crippen LogP contribution in [0.4, 0.5) is 0 Å². The van der Waals surface area contributed by atoms with Crippen LogP contribution >= 0.6 is 11.3 Å². The van der Waals surface area contributed by atoms with E-state index in [2.05, 4.69) is 32.6 Å². The maximum Gasteiger partial charge on any atom is 0.227 e. The van der Waals surface area contributed by atoms with Gasteiger partial charge in [-0.1, -0.05) is 6.07 Å². The van der Waals surface area contributed by atoms with Crippen molar-refractivity contribution in [2.24, 2.45) is 5.92 Å². The smallest absolute Gasteiger partial charge is 0.227 e.